The molecule has 0 spiro atoms. The Hall–Kier alpha value is -0.170. The number of aliphatic hydroxyl groups is 1. The SMILES string of the molecule is CN(CC1(O)CCOCC1)S(=O)(=O)CCC(C)(C)C. The summed E-state index contributed by atoms with van der Waals surface area (Å²) in [7, 11) is -1.75. The van der Waals surface area contributed by atoms with Crippen molar-refractivity contribution < 1.29 is 18.3 Å². The molecule has 1 aliphatic heterocycles. The van der Waals surface area contributed by atoms with Crippen LogP contribution in [0.3, 0.4) is 0 Å². The van der Waals surface area contributed by atoms with Crippen LogP contribution >= 0.6 is 0 Å². The average molecular weight is 293 g/mol. The van der Waals surface area contributed by atoms with Crippen molar-refractivity contribution >= 4 is 10.0 Å². The third-order valence-corrected chi connectivity index (χ3v) is 5.32. The monoisotopic (exact) mass is 293 g/mol. The van der Waals surface area contributed by atoms with Crippen molar-refractivity contribution in [2.24, 2.45) is 5.41 Å². The van der Waals surface area contributed by atoms with Crippen molar-refractivity contribution in [3.8, 4) is 0 Å². The standard InChI is InChI=1S/C13H27NO4S/c1-12(2,3)7-10-19(16,17)14(4)11-13(15)5-8-18-9-6-13/h15H,5-11H2,1-4H3. The molecule has 19 heavy (non-hydrogen) atoms. The van der Waals surface area contributed by atoms with Crippen molar-refractivity contribution in [3.63, 3.8) is 0 Å². The van der Waals surface area contributed by atoms with Crippen LogP contribution in [0.4, 0.5) is 0 Å². The first-order chi connectivity index (χ1) is 8.54. The first kappa shape index (κ1) is 16.9. The van der Waals surface area contributed by atoms with Gasteiger partial charge in [-0.2, -0.15) is 0 Å². The first-order valence-corrected chi connectivity index (χ1v) is 8.39. The molecule has 0 radical (unpaired) electrons. The highest BCUT2D eigenvalue weighted by molar-refractivity contribution is 7.89. The largest absolute Gasteiger partial charge is 0.388 e. The van der Waals surface area contributed by atoms with Crippen molar-refractivity contribution in [2.45, 2.75) is 45.6 Å². The number of ether oxygens (including phenoxy) is 1. The van der Waals surface area contributed by atoms with Gasteiger partial charge in [0.05, 0.1) is 11.4 Å². The van der Waals surface area contributed by atoms with Gasteiger partial charge in [-0.05, 0) is 11.8 Å². The summed E-state index contributed by atoms with van der Waals surface area (Å²) in [5.74, 6) is 0.125. The van der Waals surface area contributed by atoms with E-state index < -0.39 is 15.6 Å². The summed E-state index contributed by atoms with van der Waals surface area (Å²) in [6, 6.07) is 0. The van der Waals surface area contributed by atoms with E-state index in [0.717, 1.165) is 0 Å². The molecule has 0 unspecified atom stereocenters. The van der Waals surface area contributed by atoms with Gasteiger partial charge in [0.15, 0.2) is 0 Å². The third kappa shape index (κ3) is 5.77. The van der Waals surface area contributed by atoms with Crippen LogP contribution < -0.4 is 0 Å². The lowest BCUT2D eigenvalue weighted by Gasteiger charge is -2.35. The number of likely N-dealkylation sites (N-methyl/N-ethyl adjacent to an activating group) is 1. The van der Waals surface area contributed by atoms with Gasteiger partial charge >= 0.3 is 0 Å². The minimum absolute atomic E-state index is 0.0104. The van der Waals surface area contributed by atoms with Gasteiger partial charge in [-0.3, -0.25) is 0 Å². The Morgan fingerprint density at radius 1 is 1.26 bits per heavy atom. The van der Waals surface area contributed by atoms with E-state index in [-0.39, 0.29) is 17.7 Å². The Morgan fingerprint density at radius 2 is 1.79 bits per heavy atom. The third-order valence-electron chi connectivity index (χ3n) is 3.53. The minimum atomic E-state index is -3.30. The van der Waals surface area contributed by atoms with Gasteiger partial charge in [0, 0.05) is 39.6 Å². The molecule has 5 nitrogen and oxygen atoms in total. The van der Waals surface area contributed by atoms with E-state index in [1.807, 2.05) is 20.8 Å². The Morgan fingerprint density at radius 3 is 2.26 bits per heavy atom. The molecule has 0 amide bonds. The van der Waals surface area contributed by atoms with Crippen molar-refractivity contribution in [1.29, 1.82) is 0 Å². The fraction of sp³-hybridized carbons (Fsp3) is 1.00. The zero-order valence-corrected chi connectivity index (χ0v) is 13.3. The maximum Gasteiger partial charge on any atom is 0.213 e. The Balaban J connectivity index is 2.58. The number of nitrogens with zero attached hydrogens (tertiary/aromatic N) is 1. The molecule has 0 aliphatic carbocycles. The molecule has 0 aromatic heterocycles. The molecular weight excluding hydrogens is 266 g/mol. The summed E-state index contributed by atoms with van der Waals surface area (Å²) < 4.78 is 30.8. The normalized spacial score (nSPS) is 20.7. The number of rotatable bonds is 5. The number of hydrogen-bond donors (Lipinski definition) is 1. The molecule has 0 bridgehead atoms. The van der Waals surface area contributed by atoms with Crippen molar-refractivity contribution in [2.75, 3.05) is 32.6 Å². The highest BCUT2D eigenvalue weighted by Gasteiger charge is 2.34. The van der Waals surface area contributed by atoms with Crippen LogP contribution in [0, 0.1) is 5.41 Å². The predicted molar refractivity (Wildman–Crippen MR) is 75.5 cm³/mol. The molecule has 1 saturated heterocycles. The van der Waals surface area contributed by atoms with Crippen LogP contribution in [0.5, 0.6) is 0 Å². The molecule has 1 aliphatic rings. The van der Waals surface area contributed by atoms with Crippen molar-refractivity contribution in [1.82, 2.24) is 4.31 Å². The zero-order chi connectivity index (χ0) is 14.7. The molecule has 114 valence electrons. The van der Waals surface area contributed by atoms with E-state index in [0.29, 0.717) is 32.5 Å². The van der Waals surface area contributed by atoms with E-state index in [1.54, 1.807) is 7.05 Å². The lowest BCUT2D eigenvalue weighted by atomic mass is 9.94. The van der Waals surface area contributed by atoms with E-state index in [9.17, 15) is 13.5 Å². The molecule has 6 heteroatoms. The zero-order valence-electron chi connectivity index (χ0n) is 12.5. The van der Waals surface area contributed by atoms with Crippen LogP contribution in [0.15, 0.2) is 0 Å². The molecule has 1 fully saturated rings. The Bertz CT molecular complexity index is 380. The van der Waals surface area contributed by atoms with E-state index >= 15 is 0 Å². The number of sulfonamides is 1. The van der Waals surface area contributed by atoms with E-state index in [1.165, 1.54) is 4.31 Å². The smallest absolute Gasteiger partial charge is 0.213 e. The second-order valence-corrected chi connectivity index (χ2v) is 8.91. The maximum absolute atomic E-state index is 12.2. The second-order valence-electron chi connectivity index (χ2n) is 6.72. The Kier molecular flexibility index (Phi) is 5.40. The second kappa shape index (κ2) is 6.08. The fourth-order valence-corrected chi connectivity index (χ4v) is 3.63. The molecular formula is C13H27NO4S. The van der Waals surface area contributed by atoms with Gasteiger partial charge in [0.2, 0.25) is 10.0 Å². The topological polar surface area (TPSA) is 66.8 Å². The van der Waals surface area contributed by atoms with Crippen LogP contribution in [-0.4, -0.2) is 56.0 Å². The highest BCUT2D eigenvalue weighted by Crippen LogP contribution is 2.24. The Labute approximate surface area is 117 Å². The molecule has 0 saturated carbocycles. The minimum Gasteiger partial charge on any atom is -0.388 e. The summed E-state index contributed by atoms with van der Waals surface area (Å²) in [5, 5.41) is 10.3. The first-order valence-electron chi connectivity index (χ1n) is 6.78. The van der Waals surface area contributed by atoms with Gasteiger partial charge in [-0.15, -0.1) is 0 Å². The van der Waals surface area contributed by atoms with Gasteiger partial charge in [0.25, 0.3) is 0 Å². The molecule has 1 N–H and O–H groups in total. The molecule has 1 rings (SSSR count). The number of hydrogen-bond acceptors (Lipinski definition) is 4. The quantitative estimate of drug-likeness (QED) is 0.828. The molecule has 0 aromatic carbocycles. The van der Waals surface area contributed by atoms with Crippen LogP contribution in [0.1, 0.15) is 40.0 Å². The predicted octanol–water partition coefficient (Wildman–Crippen LogP) is 1.23. The lowest BCUT2D eigenvalue weighted by molar-refractivity contribution is -0.0689. The van der Waals surface area contributed by atoms with Crippen LogP contribution in [0.25, 0.3) is 0 Å². The van der Waals surface area contributed by atoms with Crippen molar-refractivity contribution in [3.05, 3.63) is 0 Å². The fourth-order valence-electron chi connectivity index (χ4n) is 2.01. The van der Waals surface area contributed by atoms with Crippen LogP contribution in [-0.2, 0) is 14.8 Å². The summed E-state index contributed by atoms with van der Waals surface area (Å²) in [6.07, 6.45) is 1.60. The van der Waals surface area contributed by atoms with Gasteiger partial charge in [-0.1, -0.05) is 20.8 Å². The average Bonchev–Trinajstić information content (AvgIpc) is 2.26. The molecule has 0 atom stereocenters. The molecule has 0 aromatic rings. The summed E-state index contributed by atoms with van der Waals surface area (Å²) in [4.78, 5) is 0. The lowest BCUT2D eigenvalue weighted by Crippen LogP contribution is -2.47. The summed E-state index contributed by atoms with van der Waals surface area (Å²) in [6.45, 7) is 7.21. The summed E-state index contributed by atoms with van der Waals surface area (Å²) >= 11 is 0. The van der Waals surface area contributed by atoms with Gasteiger partial charge in [0.1, 0.15) is 0 Å². The van der Waals surface area contributed by atoms with E-state index in [4.69, 9.17) is 4.74 Å². The van der Waals surface area contributed by atoms with Crippen LogP contribution in [0.2, 0.25) is 0 Å². The highest BCUT2D eigenvalue weighted by atomic mass is 32.2. The maximum atomic E-state index is 12.2. The van der Waals surface area contributed by atoms with E-state index in [2.05, 4.69) is 0 Å². The molecule has 1 heterocycles. The summed E-state index contributed by atoms with van der Waals surface area (Å²) in [5.41, 5.74) is -0.953. The van der Waals surface area contributed by atoms with Gasteiger partial charge < -0.3 is 9.84 Å². The van der Waals surface area contributed by atoms with Gasteiger partial charge in [-0.25, -0.2) is 12.7 Å².